The van der Waals surface area contributed by atoms with Crippen molar-refractivity contribution in [2.24, 2.45) is 0 Å². The molecule has 0 spiro atoms. The normalized spacial score (nSPS) is 15.9. The van der Waals surface area contributed by atoms with E-state index in [1.165, 1.54) is 6.42 Å². The van der Waals surface area contributed by atoms with Gasteiger partial charge in [0.15, 0.2) is 0 Å². The van der Waals surface area contributed by atoms with Crippen molar-refractivity contribution >= 4 is 34.2 Å². The van der Waals surface area contributed by atoms with E-state index < -0.39 is 6.04 Å². The summed E-state index contributed by atoms with van der Waals surface area (Å²) in [5.74, 6) is 0.153. The van der Waals surface area contributed by atoms with Crippen LogP contribution in [0.25, 0.3) is 10.8 Å². The summed E-state index contributed by atoms with van der Waals surface area (Å²) in [5, 5.41) is 5.05. The number of hydrogen-bond donors (Lipinski definition) is 1. The van der Waals surface area contributed by atoms with Crippen LogP contribution in [0.5, 0.6) is 5.75 Å². The summed E-state index contributed by atoms with van der Waals surface area (Å²) in [6.45, 7) is 2.06. The Bertz CT molecular complexity index is 1330. The molecule has 0 bridgehead atoms. The average molecular weight is 514 g/mol. The quantitative estimate of drug-likeness (QED) is 0.434. The number of nitrogens with zero attached hydrogens (tertiary/aromatic N) is 2. The maximum Gasteiger partial charge on any atom is 0.259 e. The number of ether oxygens (including phenoxy) is 1. The van der Waals surface area contributed by atoms with E-state index in [9.17, 15) is 14.4 Å². The van der Waals surface area contributed by atoms with Gasteiger partial charge in [0.1, 0.15) is 18.3 Å². The number of carbonyl (C=O) groups excluding carboxylic acids is 3. The largest absolute Gasteiger partial charge is 0.497 e. The number of nitrogens with one attached hydrogen (secondary N) is 1. The minimum Gasteiger partial charge on any atom is -0.497 e. The molecule has 0 aromatic heterocycles. The Labute approximate surface area is 223 Å². The summed E-state index contributed by atoms with van der Waals surface area (Å²) in [6.07, 6.45) is 5.84. The first-order valence-electron chi connectivity index (χ1n) is 13.6. The number of anilines is 1. The first kappa shape index (κ1) is 25.8. The van der Waals surface area contributed by atoms with Crippen LogP contribution >= 0.6 is 0 Å². The molecule has 3 aromatic carbocycles. The molecule has 0 saturated heterocycles. The summed E-state index contributed by atoms with van der Waals surface area (Å²) in [5.41, 5.74) is 2.23. The zero-order valence-electron chi connectivity index (χ0n) is 22.1. The lowest BCUT2D eigenvalue weighted by Crippen LogP contribution is -2.53. The molecule has 7 nitrogen and oxygen atoms in total. The highest BCUT2D eigenvalue weighted by molar-refractivity contribution is 6.26. The monoisotopic (exact) mass is 513 g/mol. The van der Waals surface area contributed by atoms with Crippen molar-refractivity contribution in [3.8, 4) is 5.75 Å². The van der Waals surface area contributed by atoms with Crippen molar-refractivity contribution in [1.29, 1.82) is 0 Å². The van der Waals surface area contributed by atoms with Gasteiger partial charge in [-0.25, -0.2) is 0 Å². The number of rotatable bonds is 9. The van der Waals surface area contributed by atoms with Crippen LogP contribution in [0, 0.1) is 0 Å². The van der Waals surface area contributed by atoms with E-state index in [4.69, 9.17) is 4.74 Å². The first-order valence-corrected chi connectivity index (χ1v) is 13.6. The molecule has 3 aromatic rings. The van der Waals surface area contributed by atoms with Crippen LogP contribution in [-0.4, -0.2) is 48.4 Å². The Hall–Kier alpha value is -3.87. The zero-order valence-corrected chi connectivity index (χ0v) is 22.1. The lowest BCUT2D eigenvalue weighted by Gasteiger charge is -2.34. The maximum atomic E-state index is 14.0. The van der Waals surface area contributed by atoms with Gasteiger partial charge in [0.05, 0.1) is 12.8 Å². The summed E-state index contributed by atoms with van der Waals surface area (Å²) in [4.78, 5) is 44.0. The van der Waals surface area contributed by atoms with E-state index in [1.807, 2.05) is 61.5 Å². The molecule has 2 aliphatic rings. The van der Waals surface area contributed by atoms with Gasteiger partial charge in [0.25, 0.3) is 5.91 Å². The Kier molecular flexibility index (Phi) is 7.63. The van der Waals surface area contributed by atoms with E-state index in [1.54, 1.807) is 23.0 Å². The topological polar surface area (TPSA) is 79.0 Å². The second-order valence-corrected chi connectivity index (χ2v) is 10.2. The van der Waals surface area contributed by atoms with E-state index in [-0.39, 0.29) is 36.9 Å². The van der Waals surface area contributed by atoms with Gasteiger partial charge >= 0.3 is 0 Å². The molecule has 1 aliphatic carbocycles. The van der Waals surface area contributed by atoms with Gasteiger partial charge in [-0.15, -0.1) is 0 Å². The Morgan fingerprint density at radius 3 is 2.42 bits per heavy atom. The standard InChI is InChI=1S/C31H35N3O4/c1-3-26(30(36)32-23-11-5-4-6-12-23)33(19-21-15-17-24(38-2)18-16-21)28(35)20-34-27-14-8-10-22-9-7-13-25(29(22)27)31(34)37/h7-10,13-18,23,26H,3-6,11-12,19-20H2,1-2H3,(H,32,36)/t26-/m1/s1. The van der Waals surface area contributed by atoms with Crippen LogP contribution in [0.3, 0.4) is 0 Å². The van der Waals surface area contributed by atoms with E-state index in [2.05, 4.69) is 5.32 Å². The Morgan fingerprint density at radius 1 is 1.03 bits per heavy atom. The predicted octanol–water partition coefficient (Wildman–Crippen LogP) is 5.06. The predicted molar refractivity (Wildman–Crippen MR) is 148 cm³/mol. The molecule has 38 heavy (non-hydrogen) atoms. The molecule has 3 amide bonds. The van der Waals surface area contributed by atoms with E-state index in [0.29, 0.717) is 12.0 Å². The van der Waals surface area contributed by atoms with Crippen molar-refractivity contribution in [2.75, 3.05) is 18.6 Å². The van der Waals surface area contributed by atoms with Crippen LogP contribution in [0.15, 0.2) is 60.7 Å². The first-order chi connectivity index (χ1) is 18.5. The molecule has 1 N–H and O–H groups in total. The highest BCUT2D eigenvalue weighted by Gasteiger charge is 2.35. The smallest absolute Gasteiger partial charge is 0.259 e. The highest BCUT2D eigenvalue weighted by atomic mass is 16.5. The summed E-state index contributed by atoms with van der Waals surface area (Å²) in [6, 6.07) is 18.4. The third-order valence-corrected chi connectivity index (χ3v) is 7.79. The molecule has 1 atom stereocenters. The van der Waals surface area contributed by atoms with Crippen molar-refractivity contribution < 1.29 is 19.1 Å². The minimum absolute atomic E-state index is 0.126. The minimum atomic E-state index is -0.637. The third kappa shape index (κ3) is 5.10. The average Bonchev–Trinajstić information content (AvgIpc) is 3.21. The van der Waals surface area contributed by atoms with Gasteiger partial charge in [0.2, 0.25) is 11.8 Å². The van der Waals surface area contributed by atoms with Crippen LogP contribution in [0.2, 0.25) is 0 Å². The second-order valence-electron chi connectivity index (χ2n) is 10.2. The zero-order chi connectivity index (χ0) is 26.6. The van der Waals surface area contributed by atoms with Crippen molar-refractivity contribution in [3.63, 3.8) is 0 Å². The molecule has 0 unspecified atom stereocenters. The summed E-state index contributed by atoms with van der Waals surface area (Å²) in [7, 11) is 1.61. The molecule has 1 fully saturated rings. The number of carbonyl (C=O) groups is 3. The Morgan fingerprint density at radius 2 is 1.74 bits per heavy atom. The summed E-state index contributed by atoms with van der Waals surface area (Å²) >= 11 is 0. The van der Waals surface area contributed by atoms with Crippen molar-refractivity contribution in [1.82, 2.24) is 10.2 Å². The van der Waals surface area contributed by atoms with Gasteiger partial charge in [-0.1, -0.05) is 62.6 Å². The lowest BCUT2D eigenvalue weighted by atomic mass is 9.95. The van der Waals surface area contributed by atoms with Gasteiger partial charge < -0.3 is 15.0 Å². The van der Waals surface area contributed by atoms with Crippen molar-refractivity contribution in [2.45, 2.75) is 64.1 Å². The lowest BCUT2D eigenvalue weighted by molar-refractivity contribution is -0.140. The maximum absolute atomic E-state index is 14.0. The Balaban J connectivity index is 1.41. The summed E-state index contributed by atoms with van der Waals surface area (Å²) < 4.78 is 5.28. The SMILES string of the molecule is CC[C@H](C(=O)NC1CCCCC1)N(Cc1ccc(OC)cc1)C(=O)CN1C(=O)c2cccc3cccc1c23. The number of methoxy groups -OCH3 is 1. The molecule has 0 radical (unpaired) electrons. The third-order valence-electron chi connectivity index (χ3n) is 7.79. The van der Waals surface area contributed by atoms with Gasteiger partial charge in [-0.05, 0) is 54.5 Å². The molecule has 5 rings (SSSR count). The highest BCUT2D eigenvalue weighted by Crippen LogP contribution is 2.37. The molecule has 1 saturated carbocycles. The van der Waals surface area contributed by atoms with E-state index in [0.717, 1.165) is 53.5 Å². The fourth-order valence-corrected chi connectivity index (χ4v) is 5.75. The number of benzene rings is 3. The fraction of sp³-hybridized carbons (Fsp3) is 0.387. The number of amides is 3. The molecule has 198 valence electrons. The number of hydrogen-bond acceptors (Lipinski definition) is 4. The van der Waals surface area contributed by atoms with Crippen molar-refractivity contribution in [3.05, 3.63) is 71.8 Å². The van der Waals surface area contributed by atoms with Gasteiger partial charge in [-0.3, -0.25) is 19.3 Å². The van der Waals surface area contributed by atoms with Gasteiger partial charge in [-0.2, -0.15) is 0 Å². The van der Waals surface area contributed by atoms with Crippen LogP contribution in [0.4, 0.5) is 5.69 Å². The molecular weight excluding hydrogens is 478 g/mol. The second kappa shape index (κ2) is 11.3. The van der Waals surface area contributed by atoms with Crippen LogP contribution in [-0.2, 0) is 16.1 Å². The van der Waals surface area contributed by atoms with Crippen LogP contribution in [0.1, 0.15) is 61.4 Å². The fourth-order valence-electron chi connectivity index (χ4n) is 5.75. The van der Waals surface area contributed by atoms with Crippen LogP contribution < -0.4 is 15.0 Å². The molecular formula is C31H35N3O4. The van der Waals surface area contributed by atoms with Gasteiger partial charge in [0, 0.05) is 23.5 Å². The molecule has 1 aliphatic heterocycles. The molecule has 7 heteroatoms. The molecule has 1 heterocycles. The van der Waals surface area contributed by atoms with E-state index >= 15 is 0 Å².